The van der Waals surface area contributed by atoms with Gasteiger partial charge in [0, 0.05) is 0 Å². The Kier molecular flexibility index (Phi) is 6.18. The van der Waals surface area contributed by atoms with Gasteiger partial charge in [0.15, 0.2) is 5.16 Å². The van der Waals surface area contributed by atoms with Crippen LogP contribution in [0.3, 0.4) is 0 Å². The van der Waals surface area contributed by atoms with Crippen molar-refractivity contribution in [3.8, 4) is 0 Å². The van der Waals surface area contributed by atoms with E-state index in [9.17, 15) is 14.3 Å². The number of halogens is 1. The predicted molar refractivity (Wildman–Crippen MR) is 85.6 cm³/mol. The van der Waals surface area contributed by atoms with Crippen molar-refractivity contribution in [1.82, 2.24) is 9.55 Å². The average molecular weight is 338 g/mol. The second-order valence-electron chi connectivity index (χ2n) is 4.92. The lowest BCUT2D eigenvalue weighted by Gasteiger charge is -2.13. The highest BCUT2D eigenvalue weighted by atomic mass is 32.2. The van der Waals surface area contributed by atoms with Crippen molar-refractivity contribution in [1.29, 1.82) is 0 Å². The minimum atomic E-state index is -0.421. The van der Waals surface area contributed by atoms with E-state index in [0.29, 0.717) is 24.0 Å². The molecule has 0 fully saturated rings. The number of nitrogens with zero attached hydrogens (tertiary/aromatic N) is 2. The molecule has 0 unspecified atom stereocenters. The van der Waals surface area contributed by atoms with Crippen LogP contribution in [-0.4, -0.2) is 32.5 Å². The molecule has 0 saturated carbocycles. The summed E-state index contributed by atoms with van der Waals surface area (Å²) in [6, 6.07) is 6.24. The first-order chi connectivity index (χ1) is 11.0. The zero-order valence-electron chi connectivity index (χ0n) is 13.0. The van der Waals surface area contributed by atoms with Crippen LogP contribution in [0.15, 0.2) is 35.6 Å². The Morgan fingerprint density at radius 3 is 2.96 bits per heavy atom. The molecule has 1 N–H and O–H groups in total. The lowest BCUT2D eigenvalue weighted by Crippen LogP contribution is -2.18. The van der Waals surface area contributed by atoms with Crippen LogP contribution < -0.4 is 0 Å². The number of hydrogen-bond donors (Lipinski definition) is 1. The van der Waals surface area contributed by atoms with E-state index < -0.39 is 5.25 Å². The quantitative estimate of drug-likeness (QED) is 0.621. The van der Waals surface area contributed by atoms with Gasteiger partial charge in [-0.25, -0.2) is 9.37 Å². The molecule has 1 aromatic heterocycles. The maximum atomic E-state index is 13.3. The molecule has 0 saturated heterocycles. The van der Waals surface area contributed by atoms with Crippen LogP contribution in [0.4, 0.5) is 4.39 Å². The molecular weight excluding hydrogens is 319 g/mol. The Morgan fingerprint density at radius 2 is 2.30 bits per heavy atom. The highest BCUT2D eigenvalue weighted by Crippen LogP contribution is 2.25. The Morgan fingerprint density at radius 1 is 1.52 bits per heavy atom. The van der Waals surface area contributed by atoms with Crippen molar-refractivity contribution in [3.05, 3.63) is 47.5 Å². The molecular formula is C16H19FN2O3S. The fraction of sp³-hybridized carbons (Fsp3) is 0.375. The molecule has 0 amide bonds. The lowest BCUT2D eigenvalue weighted by atomic mass is 10.2. The number of carbonyl (C=O) groups is 1. The summed E-state index contributed by atoms with van der Waals surface area (Å²) in [6.45, 7) is 4.00. The molecule has 0 aliphatic rings. The Labute approximate surface area is 138 Å². The smallest absolute Gasteiger partial charge is 0.319 e. The van der Waals surface area contributed by atoms with Gasteiger partial charge < -0.3 is 14.4 Å². The monoisotopic (exact) mass is 338 g/mol. The average Bonchev–Trinajstić information content (AvgIpc) is 2.89. The summed E-state index contributed by atoms with van der Waals surface area (Å²) in [4.78, 5) is 16.0. The number of esters is 1. The van der Waals surface area contributed by atoms with E-state index >= 15 is 0 Å². The molecule has 0 bridgehead atoms. The number of imidazole rings is 1. The topological polar surface area (TPSA) is 64.3 Å². The summed E-state index contributed by atoms with van der Waals surface area (Å²) in [6.07, 6.45) is 1.56. The summed E-state index contributed by atoms with van der Waals surface area (Å²) < 4.78 is 20.1. The minimum absolute atomic E-state index is 0.184. The number of aliphatic hydroxyl groups is 1. The van der Waals surface area contributed by atoms with Crippen molar-refractivity contribution < 1.29 is 19.0 Å². The fourth-order valence-corrected chi connectivity index (χ4v) is 2.97. The molecule has 1 aromatic carbocycles. The van der Waals surface area contributed by atoms with Crippen LogP contribution in [0, 0.1) is 5.82 Å². The number of rotatable bonds is 7. The number of carbonyl (C=O) groups excluding carboxylic acids is 1. The van der Waals surface area contributed by atoms with Gasteiger partial charge in [0.1, 0.15) is 11.1 Å². The van der Waals surface area contributed by atoms with Gasteiger partial charge in [0.2, 0.25) is 0 Å². The van der Waals surface area contributed by atoms with Crippen LogP contribution in [-0.2, 0) is 22.7 Å². The van der Waals surface area contributed by atoms with Gasteiger partial charge in [-0.05, 0) is 31.5 Å². The molecule has 0 spiro atoms. The standard InChI is InChI=1S/C16H19FN2O3S/c1-3-22-15(21)11(2)23-16-18-8-14(10-20)19(16)9-12-5-4-6-13(17)7-12/h4-8,11,20H,3,9-10H2,1-2H3/t11-/m0/s1. The molecule has 23 heavy (non-hydrogen) atoms. The van der Waals surface area contributed by atoms with E-state index in [2.05, 4.69) is 4.98 Å². The van der Waals surface area contributed by atoms with E-state index in [1.165, 1.54) is 23.9 Å². The highest BCUT2D eigenvalue weighted by molar-refractivity contribution is 8.00. The Hall–Kier alpha value is -1.86. The van der Waals surface area contributed by atoms with Crippen molar-refractivity contribution >= 4 is 17.7 Å². The third-order valence-electron chi connectivity index (χ3n) is 3.19. The first-order valence-electron chi connectivity index (χ1n) is 7.28. The first-order valence-corrected chi connectivity index (χ1v) is 8.16. The molecule has 0 aliphatic carbocycles. The van der Waals surface area contributed by atoms with Gasteiger partial charge in [0.25, 0.3) is 0 Å². The van der Waals surface area contributed by atoms with E-state index in [1.807, 2.05) is 0 Å². The molecule has 1 heterocycles. The number of ether oxygens (including phenoxy) is 1. The van der Waals surface area contributed by atoms with E-state index in [4.69, 9.17) is 4.74 Å². The molecule has 2 rings (SSSR count). The van der Waals surface area contributed by atoms with E-state index in [1.54, 1.807) is 36.7 Å². The molecule has 5 nitrogen and oxygen atoms in total. The number of thioether (sulfide) groups is 1. The summed E-state index contributed by atoms with van der Waals surface area (Å²) in [5.74, 6) is -0.634. The van der Waals surface area contributed by atoms with E-state index in [0.717, 1.165) is 5.56 Å². The first kappa shape index (κ1) is 17.5. The van der Waals surface area contributed by atoms with Crippen LogP contribution in [0.25, 0.3) is 0 Å². The largest absolute Gasteiger partial charge is 0.465 e. The SMILES string of the molecule is CCOC(=O)[C@H](C)Sc1ncc(CO)n1Cc1cccc(F)c1. The maximum absolute atomic E-state index is 13.3. The molecule has 0 radical (unpaired) electrons. The maximum Gasteiger partial charge on any atom is 0.319 e. The number of benzene rings is 1. The van der Waals surface area contributed by atoms with Gasteiger partial charge in [-0.3, -0.25) is 4.79 Å². The fourth-order valence-electron chi connectivity index (χ4n) is 2.07. The summed E-state index contributed by atoms with van der Waals surface area (Å²) in [5.41, 5.74) is 1.36. The summed E-state index contributed by atoms with van der Waals surface area (Å²) in [5, 5.41) is 9.62. The minimum Gasteiger partial charge on any atom is -0.465 e. The summed E-state index contributed by atoms with van der Waals surface area (Å²) >= 11 is 1.25. The third kappa shape index (κ3) is 4.56. The van der Waals surface area contributed by atoms with Crippen molar-refractivity contribution in [3.63, 3.8) is 0 Å². The molecule has 1 atom stereocenters. The van der Waals surface area contributed by atoms with Crippen LogP contribution in [0.1, 0.15) is 25.1 Å². The predicted octanol–water partition coefficient (Wildman–Crippen LogP) is 2.61. The van der Waals surface area contributed by atoms with Crippen molar-refractivity contribution in [2.45, 2.75) is 37.4 Å². The Bertz CT molecular complexity index is 675. The van der Waals surface area contributed by atoms with Crippen LogP contribution >= 0.6 is 11.8 Å². The van der Waals surface area contributed by atoms with Gasteiger partial charge >= 0.3 is 5.97 Å². The Balaban J connectivity index is 2.21. The van der Waals surface area contributed by atoms with Gasteiger partial charge in [0.05, 0.1) is 31.6 Å². The summed E-state index contributed by atoms with van der Waals surface area (Å²) in [7, 11) is 0. The molecule has 124 valence electrons. The van der Waals surface area contributed by atoms with Crippen molar-refractivity contribution in [2.24, 2.45) is 0 Å². The van der Waals surface area contributed by atoms with Crippen molar-refractivity contribution in [2.75, 3.05) is 6.61 Å². The van der Waals surface area contributed by atoms with Gasteiger partial charge in [-0.1, -0.05) is 23.9 Å². The van der Waals surface area contributed by atoms with E-state index in [-0.39, 0.29) is 18.4 Å². The molecule has 2 aromatic rings. The second-order valence-corrected chi connectivity index (χ2v) is 6.23. The normalized spacial score (nSPS) is 12.2. The third-order valence-corrected chi connectivity index (χ3v) is 4.28. The second kappa shape index (κ2) is 8.12. The molecule has 0 aliphatic heterocycles. The van der Waals surface area contributed by atoms with Crippen LogP contribution in [0.5, 0.6) is 0 Å². The lowest BCUT2D eigenvalue weighted by molar-refractivity contribution is -0.142. The number of aliphatic hydroxyl groups excluding tert-OH is 1. The molecule has 7 heteroatoms. The van der Waals surface area contributed by atoms with Gasteiger partial charge in [-0.15, -0.1) is 0 Å². The highest BCUT2D eigenvalue weighted by Gasteiger charge is 2.20. The van der Waals surface area contributed by atoms with Gasteiger partial charge in [-0.2, -0.15) is 0 Å². The zero-order valence-corrected chi connectivity index (χ0v) is 13.8. The number of hydrogen-bond acceptors (Lipinski definition) is 5. The number of aromatic nitrogens is 2. The van der Waals surface area contributed by atoms with Crippen LogP contribution in [0.2, 0.25) is 0 Å². The zero-order chi connectivity index (χ0) is 16.8.